The Morgan fingerprint density at radius 2 is 2.00 bits per heavy atom. The maximum Gasteiger partial charge on any atom is 0.324 e. The van der Waals surface area contributed by atoms with Gasteiger partial charge >= 0.3 is 6.03 Å². The zero-order chi connectivity index (χ0) is 15.9. The van der Waals surface area contributed by atoms with Crippen molar-refractivity contribution < 1.29 is 9.59 Å². The second kappa shape index (κ2) is 5.64. The van der Waals surface area contributed by atoms with Crippen LogP contribution in [0, 0.1) is 0 Å². The first-order valence-corrected chi connectivity index (χ1v) is 8.57. The van der Waals surface area contributed by atoms with Gasteiger partial charge in [-0.05, 0) is 24.0 Å². The first kappa shape index (κ1) is 14.7. The van der Waals surface area contributed by atoms with Gasteiger partial charge in [0, 0.05) is 31.6 Å². The third kappa shape index (κ3) is 2.53. The quantitative estimate of drug-likeness (QED) is 0.907. The maximum absolute atomic E-state index is 12.5. The van der Waals surface area contributed by atoms with Gasteiger partial charge in [0.15, 0.2) is 0 Å². The van der Waals surface area contributed by atoms with E-state index in [1.807, 2.05) is 0 Å². The van der Waals surface area contributed by atoms with E-state index >= 15 is 0 Å². The van der Waals surface area contributed by atoms with Crippen LogP contribution in [0.5, 0.6) is 0 Å². The van der Waals surface area contributed by atoms with Crippen molar-refractivity contribution in [3.8, 4) is 0 Å². The standard InChI is InChI=1S/C18H23N3O2/c22-16(21-10-9-19-17(21)23)12-20-11-14-5-1-2-6-15(14)18(13-20)7-3-4-8-18/h1-2,5-6H,3-4,7-13H2,(H,19,23). The van der Waals surface area contributed by atoms with E-state index < -0.39 is 0 Å². The first-order valence-electron chi connectivity index (χ1n) is 8.57. The molecule has 0 aromatic heterocycles. The fourth-order valence-electron chi connectivity index (χ4n) is 4.56. The Hall–Kier alpha value is -1.88. The molecule has 1 N–H and O–H groups in total. The van der Waals surface area contributed by atoms with Crippen molar-refractivity contribution in [2.75, 3.05) is 26.2 Å². The lowest BCUT2D eigenvalue weighted by molar-refractivity contribution is -0.129. The van der Waals surface area contributed by atoms with Crippen LogP contribution >= 0.6 is 0 Å². The minimum Gasteiger partial charge on any atom is -0.336 e. The van der Waals surface area contributed by atoms with Crippen molar-refractivity contribution >= 4 is 11.9 Å². The Morgan fingerprint density at radius 3 is 2.74 bits per heavy atom. The van der Waals surface area contributed by atoms with Crippen LogP contribution in [-0.4, -0.2) is 47.9 Å². The second-order valence-corrected chi connectivity index (χ2v) is 7.07. The van der Waals surface area contributed by atoms with Crippen molar-refractivity contribution in [2.24, 2.45) is 0 Å². The Bertz CT molecular complexity index is 637. The number of nitrogens with one attached hydrogen (secondary N) is 1. The molecule has 1 saturated carbocycles. The second-order valence-electron chi connectivity index (χ2n) is 7.07. The molecular weight excluding hydrogens is 290 g/mol. The van der Waals surface area contributed by atoms with Gasteiger partial charge in [0.1, 0.15) is 0 Å². The highest BCUT2D eigenvalue weighted by molar-refractivity contribution is 5.96. The van der Waals surface area contributed by atoms with Crippen LogP contribution < -0.4 is 5.32 Å². The van der Waals surface area contributed by atoms with E-state index in [1.165, 1.54) is 41.7 Å². The Balaban J connectivity index is 1.55. The fraction of sp³-hybridized carbons (Fsp3) is 0.556. The lowest BCUT2D eigenvalue weighted by Crippen LogP contribution is -2.49. The highest BCUT2D eigenvalue weighted by Gasteiger charge is 2.42. The highest BCUT2D eigenvalue weighted by Crippen LogP contribution is 2.45. The van der Waals surface area contributed by atoms with Crippen LogP contribution in [0.1, 0.15) is 36.8 Å². The summed E-state index contributed by atoms with van der Waals surface area (Å²) >= 11 is 0. The number of fused-ring (bicyclic) bond motifs is 2. The Kier molecular flexibility index (Phi) is 3.60. The van der Waals surface area contributed by atoms with Gasteiger partial charge < -0.3 is 5.32 Å². The number of imide groups is 1. The van der Waals surface area contributed by atoms with Crippen LogP contribution in [0.15, 0.2) is 24.3 Å². The lowest BCUT2D eigenvalue weighted by Gasteiger charge is -2.42. The van der Waals surface area contributed by atoms with Gasteiger partial charge in [-0.25, -0.2) is 4.79 Å². The molecular formula is C18H23N3O2. The molecule has 2 fully saturated rings. The number of carbonyl (C=O) groups is 2. The van der Waals surface area contributed by atoms with Crippen molar-refractivity contribution in [3.05, 3.63) is 35.4 Å². The van der Waals surface area contributed by atoms with Gasteiger partial charge in [0.2, 0.25) is 5.91 Å². The van der Waals surface area contributed by atoms with Crippen LogP contribution in [0.4, 0.5) is 4.79 Å². The van der Waals surface area contributed by atoms with E-state index in [0.29, 0.717) is 19.6 Å². The Labute approximate surface area is 136 Å². The minimum absolute atomic E-state index is 0.0764. The van der Waals surface area contributed by atoms with Gasteiger partial charge in [-0.1, -0.05) is 37.1 Å². The number of rotatable bonds is 2. The molecule has 0 radical (unpaired) electrons. The average Bonchev–Trinajstić information content (AvgIpc) is 3.17. The molecule has 0 atom stereocenters. The molecule has 2 aliphatic heterocycles. The number of urea groups is 1. The van der Waals surface area contributed by atoms with Crippen LogP contribution in [0.2, 0.25) is 0 Å². The number of hydrogen-bond donors (Lipinski definition) is 1. The van der Waals surface area contributed by atoms with E-state index in [-0.39, 0.29) is 17.4 Å². The average molecular weight is 313 g/mol. The molecule has 5 nitrogen and oxygen atoms in total. The lowest BCUT2D eigenvalue weighted by atomic mass is 9.74. The third-order valence-electron chi connectivity index (χ3n) is 5.59. The molecule has 0 bridgehead atoms. The van der Waals surface area contributed by atoms with E-state index in [0.717, 1.165) is 13.1 Å². The van der Waals surface area contributed by atoms with Crippen molar-refractivity contribution in [3.63, 3.8) is 0 Å². The molecule has 1 spiro atoms. The topological polar surface area (TPSA) is 52.7 Å². The molecule has 4 rings (SSSR count). The summed E-state index contributed by atoms with van der Waals surface area (Å²) < 4.78 is 0. The molecule has 1 aromatic rings. The molecule has 1 aliphatic carbocycles. The van der Waals surface area contributed by atoms with Crippen molar-refractivity contribution in [1.82, 2.24) is 15.1 Å². The van der Waals surface area contributed by atoms with Gasteiger partial charge in [0.05, 0.1) is 6.54 Å². The number of hydrogen-bond acceptors (Lipinski definition) is 3. The van der Waals surface area contributed by atoms with Crippen LogP contribution in [-0.2, 0) is 16.8 Å². The molecule has 1 saturated heterocycles. The monoisotopic (exact) mass is 313 g/mol. The van der Waals surface area contributed by atoms with E-state index in [4.69, 9.17) is 0 Å². The van der Waals surface area contributed by atoms with Gasteiger partial charge in [-0.3, -0.25) is 14.6 Å². The van der Waals surface area contributed by atoms with Crippen molar-refractivity contribution in [2.45, 2.75) is 37.6 Å². The number of nitrogens with zero attached hydrogens (tertiary/aromatic N) is 2. The van der Waals surface area contributed by atoms with E-state index in [9.17, 15) is 9.59 Å². The van der Waals surface area contributed by atoms with Gasteiger partial charge in [-0.15, -0.1) is 0 Å². The van der Waals surface area contributed by atoms with Crippen molar-refractivity contribution in [1.29, 1.82) is 0 Å². The summed E-state index contributed by atoms with van der Waals surface area (Å²) in [6.07, 6.45) is 4.95. The molecule has 1 aromatic carbocycles. The number of carbonyl (C=O) groups excluding carboxylic acids is 2. The van der Waals surface area contributed by atoms with Crippen LogP contribution in [0.3, 0.4) is 0 Å². The maximum atomic E-state index is 12.5. The largest absolute Gasteiger partial charge is 0.336 e. The molecule has 0 unspecified atom stereocenters. The molecule has 5 heteroatoms. The summed E-state index contributed by atoms with van der Waals surface area (Å²) in [6.45, 7) is 3.14. The van der Waals surface area contributed by atoms with E-state index in [2.05, 4.69) is 34.5 Å². The number of amides is 3. The first-order chi connectivity index (χ1) is 11.2. The summed E-state index contributed by atoms with van der Waals surface area (Å²) in [5.41, 5.74) is 3.04. The molecule has 3 amide bonds. The smallest absolute Gasteiger partial charge is 0.324 e. The minimum atomic E-state index is -0.247. The number of benzene rings is 1. The summed E-state index contributed by atoms with van der Waals surface area (Å²) in [5, 5.41) is 2.70. The SMILES string of the molecule is O=C(CN1Cc2ccccc2C2(CCCC2)C1)N1CCNC1=O. The van der Waals surface area contributed by atoms with E-state index in [1.54, 1.807) is 0 Å². The summed E-state index contributed by atoms with van der Waals surface area (Å²) in [7, 11) is 0. The summed E-state index contributed by atoms with van der Waals surface area (Å²) in [4.78, 5) is 27.7. The summed E-state index contributed by atoms with van der Waals surface area (Å²) in [5.74, 6) is -0.0764. The third-order valence-corrected chi connectivity index (χ3v) is 5.59. The predicted molar refractivity (Wildman–Crippen MR) is 87.0 cm³/mol. The molecule has 3 aliphatic rings. The molecule has 23 heavy (non-hydrogen) atoms. The zero-order valence-electron chi connectivity index (χ0n) is 13.4. The van der Waals surface area contributed by atoms with Crippen LogP contribution in [0.25, 0.3) is 0 Å². The zero-order valence-corrected chi connectivity index (χ0v) is 13.4. The Morgan fingerprint density at radius 1 is 1.22 bits per heavy atom. The fourth-order valence-corrected chi connectivity index (χ4v) is 4.56. The summed E-state index contributed by atoms with van der Waals surface area (Å²) in [6, 6.07) is 8.43. The van der Waals surface area contributed by atoms with Gasteiger partial charge in [0.25, 0.3) is 0 Å². The normalized spacial score (nSPS) is 23.1. The highest BCUT2D eigenvalue weighted by atomic mass is 16.2. The predicted octanol–water partition coefficient (Wildman–Crippen LogP) is 1.87. The molecule has 2 heterocycles. The molecule has 122 valence electrons. The van der Waals surface area contributed by atoms with Gasteiger partial charge in [-0.2, -0.15) is 0 Å².